The molecule has 7 nitrogen and oxygen atoms in total. The molecule has 1 aliphatic heterocycles. The number of aliphatic hydroxyl groups is 1. The molecule has 1 fully saturated rings. The third kappa shape index (κ3) is 9.33. The summed E-state index contributed by atoms with van der Waals surface area (Å²) < 4.78 is 13.7. The minimum Gasteiger partial charge on any atom is -0.392 e. The van der Waals surface area contributed by atoms with Gasteiger partial charge >= 0.3 is 0 Å². The zero-order chi connectivity index (χ0) is 36.4. The first kappa shape index (κ1) is 35.9. The Balaban J connectivity index is 1.11. The van der Waals surface area contributed by atoms with Gasteiger partial charge in [-0.3, -0.25) is 14.7 Å². The molecule has 2 N–H and O–H groups in total. The summed E-state index contributed by atoms with van der Waals surface area (Å²) in [6, 6.07) is 49.3. The van der Waals surface area contributed by atoms with Gasteiger partial charge in [0.05, 0.1) is 24.4 Å². The van der Waals surface area contributed by atoms with Gasteiger partial charge in [0.15, 0.2) is 6.29 Å². The van der Waals surface area contributed by atoms with E-state index in [9.17, 15) is 9.90 Å². The third-order valence-electron chi connectivity index (χ3n) is 9.88. The maximum Gasteiger partial charge on any atom is 0.253 e. The Labute approximate surface area is 311 Å². The average Bonchev–Trinajstić information content (AvgIpc) is 3.22. The standard InChI is InChI=1S/C46H45N3O4/c1-33-43(31-49(29-34-10-4-2-5-11-34)30-35-12-6-3-7-13-35)52-46(53-44(33)39-19-17-36(32-50)18-20-39)40-23-21-38(22-24-40)41-15-8-14-37(26-41)27-48-45(51)42-16-9-25-47-28-42/h2-26,28,33,43-44,46,50H,27,29-32H2,1H3,(H,48,51)/t33-,43+,44+,46+/m0/s1. The number of pyridine rings is 1. The van der Waals surface area contributed by atoms with Crippen LogP contribution in [0.4, 0.5) is 0 Å². The predicted octanol–water partition coefficient (Wildman–Crippen LogP) is 8.66. The molecule has 7 heteroatoms. The van der Waals surface area contributed by atoms with E-state index < -0.39 is 6.29 Å². The second-order valence-corrected chi connectivity index (χ2v) is 13.7. The van der Waals surface area contributed by atoms with Crippen LogP contribution in [0.25, 0.3) is 11.1 Å². The molecule has 0 spiro atoms. The maximum absolute atomic E-state index is 12.6. The van der Waals surface area contributed by atoms with Gasteiger partial charge in [0.25, 0.3) is 5.91 Å². The molecule has 5 aromatic carbocycles. The summed E-state index contributed by atoms with van der Waals surface area (Å²) in [7, 11) is 0. The molecule has 6 aromatic rings. The van der Waals surface area contributed by atoms with Gasteiger partial charge in [-0.1, -0.05) is 134 Å². The Morgan fingerprint density at radius 1 is 0.698 bits per heavy atom. The first-order chi connectivity index (χ1) is 26.0. The third-order valence-corrected chi connectivity index (χ3v) is 9.88. The Morgan fingerprint density at radius 2 is 1.36 bits per heavy atom. The Kier molecular flexibility index (Phi) is 11.8. The van der Waals surface area contributed by atoms with Gasteiger partial charge in [-0.2, -0.15) is 0 Å². The van der Waals surface area contributed by atoms with E-state index in [-0.39, 0.29) is 30.6 Å². The number of hydrogen-bond donors (Lipinski definition) is 2. The van der Waals surface area contributed by atoms with Gasteiger partial charge in [-0.15, -0.1) is 0 Å². The monoisotopic (exact) mass is 703 g/mol. The van der Waals surface area contributed by atoms with Crippen LogP contribution in [-0.4, -0.2) is 33.5 Å². The van der Waals surface area contributed by atoms with Crippen LogP contribution in [0.15, 0.2) is 158 Å². The fourth-order valence-electron chi connectivity index (χ4n) is 6.93. The highest BCUT2D eigenvalue weighted by Crippen LogP contribution is 2.42. The molecule has 0 bridgehead atoms. The SMILES string of the molecule is C[C@H]1[C@@H](CN(Cc2ccccc2)Cc2ccccc2)O[C@@H](c2ccc(-c3cccc(CNC(=O)c4cccnc4)c3)cc2)O[C@H]1c1ccc(CO)cc1. The topological polar surface area (TPSA) is 83.9 Å². The normalized spacial score (nSPS) is 18.5. The molecule has 53 heavy (non-hydrogen) atoms. The van der Waals surface area contributed by atoms with Crippen molar-refractivity contribution in [1.82, 2.24) is 15.2 Å². The fourth-order valence-corrected chi connectivity index (χ4v) is 6.93. The van der Waals surface area contributed by atoms with Crippen molar-refractivity contribution in [2.45, 2.75) is 51.7 Å². The number of ether oxygens (including phenoxy) is 2. The summed E-state index contributed by atoms with van der Waals surface area (Å²) in [6.07, 6.45) is 2.32. The van der Waals surface area contributed by atoms with E-state index in [4.69, 9.17) is 9.47 Å². The van der Waals surface area contributed by atoms with E-state index in [1.807, 2.05) is 24.3 Å². The lowest BCUT2D eigenvalue weighted by molar-refractivity contribution is -0.276. The quantitative estimate of drug-likeness (QED) is 0.125. The lowest BCUT2D eigenvalue weighted by Crippen LogP contribution is -2.44. The zero-order valence-corrected chi connectivity index (χ0v) is 29.9. The maximum atomic E-state index is 12.6. The van der Waals surface area contributed by atoms with Crippen LogP contribution in [0, 0.1) is 5.92 Å². The summed E-state index contributed by atoms with van der Waals surface area (Å²) >= 11 is 0. The highest BCUT2D eigenvalue weighted by Gasteiger charge is 2.39. The van der Waals surface area contributed by atoms with E-state index in [2.05, 4.69) is 131 Å². The zero-order valence-electron chi connectivity index (χ0n) is 29.9. The number of aromatic nitrogens is 1. The number of rotatable bonds is 13. The van der Waals surface area contributed by atoms with Crippen LogP contribution in [0.1, 0.15) is 63.1 Å². The van der Waals surface area contributed by atoms with Gasteiger partial charge in [0.1, 0.15) is 0 Å². The van der Waals surface area contributed by atoms with Crippen molar-refractivity contribution in [2.24, 2.45) is 5.92 Å². The number of carbonyl (C=O) groups excluding carboxylic acids is 1. The van der Waals surface area contributed by atoms with Crippen molar-refractivity contribution < 1.29 is 19.4 Å². The Hall–Kier alpha value is -5.44. The highest BCUT2D eigenvalue weighted by atomic mass is 16.7. The molecular weight excluding hydrogens is 659 g/mol. The first-order valence-electron chi connectivity index (χ1n) is 18.2. The molecule has 2 heterocycles. The largest absolute Gasteiger partial charge is 0.392 e. The Morgan fingerprint density at radius 3 is 2.00 bits per heavy atom. The second kappa shape index (κ2) is 17.4. The van der Waals surface area contributed by atoms with Crippen LogP contribution in [-0.2, 0) is 35.7 Å². The summed E-state index contributed by atoms with van der Waals surface area (Å²) in [4.78, 5) is 19.1. The number of hydrogen-bond acceptors (Lipinski definition) is 6. The van der Waals surface area contributed by atoms with Gasteiger partial charge in [0.2, 0.25) is 0 Å². The molecule has 1 aliphatic rings. The molecule has 0 radical (unpaired) electrons. The van der Waals surface area contributed by atoms with E-state index in [1.54, 1.807) is 24.5 Å². The number of benzene rings is 5. The van der Waals surface area contributed by atoms with Gasteiger partial charge in [0, 0.05) is 50.1 Å². The van der Waals surface area contributed by atoms with Crippen LogP contribution >= 0.6 is 0 Å². The Bertz CT molecular complexity index is 2000. The molecule has 1 aromatic heterocycles. The van der Waals surface area contributed by atoms with E-state index >= 15 is 0 Å². The lowest BCUT2D eigenvalue weighted by Gasteiger charge is -2.43. The van der Waals surface area contributed by atoms with Gasteiger partial charge in [-0.25, -0.2) is 0 Å². The van der Waals surface area contributed by atoms with Crippen LogP contribution in [0.5, 0.6) is 0 Å². The van der Waals surface area contributed by atoms with Crippen molar-refractivity contribution in [3.05, 3.63) is 197 Å². The van der Waals surface area contributed by atoms with Crippen LogP contribution in [0.2, 0.25) is 0 Å². The highest BCUT2D eigenvalue weighted by molar-refractivity contribution is 5.93. The van der Waals surface area contributed by atoms with Crippen LogP contribution in [0.3, 0.4) is 0 Å². The molecular formula is C46H45N3O4. The number of nitrogens with zero attached hydrogens (tertiary/aromatic N) is 2. The summed E-state index contributed by atoms with van der Waals surface area (Å²) in [5.74, 6) is -0.0974. The van der Waals surface area contributed by atoms with Crippen molar-refractivity contribution in [1.29, 1.82) is 0 Å². The average molecular weight is 704 g/mol. The molecule has 7 rings (SSSR count). The number of nitrogens with one attached hydrogen (secondary N) is 1. The van der Waals surface area contributed by atoms with E-state index in [0.29, 0.717) is 12.1 Å². The molecule has 268 valence electrons. The first-order valence-corrected chi connectivity index (χ1v) is 18.2. The van der Waals surface area contributed by atoms with Gasteiger partial charge < -0.3 is 19.9 Å². The predicted molar refractivity (Wildman–Crippen MR) is 207 cm³/mol. The fraction of sp³-hybridized carbons (Fsp3) is 0.217. The molecule has 0 aliphatic carbocycles. The number of aliphatic hydroxyl groups excluding tert-OH is 1. The number of carbonyl (C=O) groups is 1. The van der Waals surface area contributed by atoms with E-state index in [0.717, 1.165) is 53.0 Å². The molecule has 0 saturated carbocycles. The second-order valence-electron chi connectivity index (χ2n) is 13.7. The van der Waals surface area contributed by atoms with E-state index in [1.165, 1.54) is 11.1 Å². The smallest absolute Gasteiger partial charge is 0.253 e. The van der Waals surface area contributed by atoms with Crippen LogP contribution < -0.4 is 5.32 Å². The lowest BCUT2D eigenvalue weighted by atomic mass is 9.89. The summed E-state index contributed by atoms with van der Waals surface area (Å²) in [5.41, 5.74) is 9.04. The van der Waals surface area contributed by atoms with Crippen molar-refractivity contribution in [3.63, 3.8) is 0 Å². The molecule has 4 atom stereocenters. The van der Waals surface area contributed by atoms with Gasteiger partial charge in [-0.05, 0) is 57.1 Å². The summed E-state index contributed by atoms with van der Waals surface area (Å²) in [6.45, 7) is 4.94. The summed E-state index contributed by atoms with van der Waals surface area (Å²) in [5, 5.41) is 12.7. The van der Waals surface area contributed by atoms with Crippen molar-refractivity contribution in [3.8, 4) is 11.1 Å². The minimum absolute atomic E-state index is 0.00105. The molecule has 1 amide bonds. The van der Waals surface area contributed by atoms with Crippen molar-refractivity contribution in [2.75, 3.05) is 6.54 Å². The molecule has 0 unspecified atom stereocenters. The molecule has 1 saturated heterocycles. The number of amides is 1. The minimum atomic E-state index is -0.572. The van der Waals surface area contributed by atoms with Crippen molar-refractivity contribution >= 4 is 5.91 Å².